The lowest BCUT2D eigenvalue weighted by atomic mass is 9.85. The third-order valence-electron chi connectivity index (χ3n) is 5.51. The van der Waals surface area contributed by atoms with E-state index in [0.29, 0.717) is 24.7 Å². The second kappa shape index (κ2) is 6.46. The van der Waals surface area contributed by atoms with Crippen LogP contribution in [0.2, 0.25) is 0 Å². The highest BCUT2D eigenvalue weighted by atomic mass is 16.2. The van der Waals surface area contributed by atoms with Gasteiger partial charge in [0, 0.05) is 6.07 Å². The summed E-state index contributed by atoms with van der Waals surface area (Å²) < 4.78 is 1.85. The van der Waals surface area contributed by atoms with Gasteiger partial charge in [-0.05, 0) is 25.7 Å². The summed E-state index contributed by atoms with van der Waals surface area (Å²) >= 11 is 0. The molecular weight excluding hydrogens is 320 g/mol. The molecule has 0 radical (unpaired) electrons. The monoisotopic (exact) mass is 342 g/mol. The van der Waals surface area contributed by atoms with Crippen molar-refractivity contribution < 1.29 is 14.4 Å². The highest BCUT2D eigenvalue weighted by Crippen LogP contribution is 2.35. The van der Waals surface area contributed by atoms with Crippen molar-refractivity contribution in [1.29, 1.82) is 0 Å². The van der Waals surface area contributed by atoms with E-state index in [-0.39, 0.29) is 36.1 Å². The number of carbonyl (C=O) groups excluding carboxylic acids is 3. The molecule has 1 N–H and O–H groups in total. The minimum Gasteiger partial charge on any atom is -0.309 e. The van der Waals surface area contributed by atoms with Crippen LogP contribution in [0.15, 0.2) is 24.4 Å². The fraction of sp³-hybridized carbons (Fsp3) is 0.556. The quantitative estimate of drug-likeness (QED) is 0.669. The summed E-state index contributed by atoms with van der Waals surface area (Å²) in [6, 6.07) is 2.07. The average Bonchev–Trinajstić information content (AvgIpc) is 3.33. The molecule has 3 aliphatic rings. The van der Waals surface area contributed by atoms with E-state index in [1.807, 2.05) is 16.8 Å². The SMILES string of the molecule is O=C(CN1C(=O)[C@H]2CC=CC[C@@H]2C1=O)Nc1ccnn1C1CCCC1. The number of likely N-dealkylation sites (tertiary alicyclic amines) is 1. The Bertz CT molecular complexity index is 706. The Balaban J connectivity index is 1.42. The Morgan fingerprint density at radius 2 is 1.76 bits per heavy atom. The number of hydrogen-bond acceptors (Lipinski definition) is 4. The first kappa shape index (κ1) is 16.1. The normalized spacial score (nSPS) is 26.3. The van der Waals surface area contributed by atoms with Crippen LogP contribution in [0.3, 0.4) is 0 Å². The molecule has 1 saturated carbocycles. The van der Waals surface area contributed by atoms with Gasteiger partial charge in [-0.3, -0.25) is 19.3 Å². The molecule has 1 saturated heterocycles. The van der Waals surface area contributed by atoms with Gasteiger partial charge in [-0.15, -0.1) is 0 Å². The number of allylic oxidation sites excluding steroid dienone is 2. The number of nitrogens with one attached hydrogen (secondary N) is 1. The van der Waals surface area contributed by atoms with Gasteiger partial charge in [-0.2, -0.15) is 5.10 Å². The number of imide groups is 1. The molecule has 1 aromatic heterocycles. The van der Waals surface area contributed by atoms with Crippen molar-refractivity contribution in [3.05, 3.63) is 24.4 Å². The number of carbonyl (C=O) groups is 3. The standard InChI is InChI=1S/C18H22N4O3/c23-16(20-15-9-10-19-22(15)12-5-1-2-6-12)11-21-17(24)13-7-3-4-8-14(13)18(21)25/h3-4,9-10,12-14H,1-2,5-8,11H2,(H,20,23)/t13-,14-/m0/s1. The van der Waals surface area contributed by atoms with Crippen molar-refractivity contribution in [3.8, 4) is 0 Å². The van der Waals surface area contributed by atoms with E-state index in [2.05, 4.69) is 10.4 Å². The number of anilines is 1. The smallest absolute Gasteiger partial charge is 0.245 e. The molecule has 0 unspecified atom stereocenters. The zero-order chi connectivity index (χ0) is 17.4. The van der Waals surface area contributed by atoms with Crippen molar-refractivity contribution in [2.45, 2.75) is 44.6 Å². The fourth-order valence-corrected chi connectivity index (χ4v) is 4.20. The van der Waals surface area contributed by atoms with Gasteiger partial charge in [0.15, 0.2) is 0 Å². The molecule has 25 heavy (non-hydrogen) atoms. The second-order valence-corrected chi connectivity index (χ2v) is 7.07. The first-order chi connectivity index (χ1) is 12.1. The number of hydrogen-bond donors (Lipinski definition) is 1. The van der Waals surface area contributed by atoms with Crippen LogP contribution in [0, 0.1) is 11.8 Å². The maximum atomic E-state index is 12.4. The molecule has 7 nitrogen and oxygen atoms in total. The average molecular weight is 342 g/mol. The zero-order valence-electron chi connectivity index (χ0n) is 14.1. The van der Waals surface area contributed by atoms with Crippen LogP contribution in [-0.2, 0) is 14.4 Å². The number of amides is 3. The number of fused-ring (bicyclic) bond motifs is 1. The Morgan fingerprint density at radius 3 is 2.40 bits per heavy atom. The van der Waals surface area contributed by atoms with Crippen LogP contribution in [0.5, 0.6) is 0 Å². The number of nitrogens with zero attached hydrogens (tertiary/aromatic N) is 3. The van der Waals surface area contributed by atoms with Crippen molar-refractivity contribution in [1.82, 2.24) is 14.7 Å². The van der Waals surface area contributed by atoms with Gasteiger partial charge in [0.25, 0.3) is 0 Å². The van der Waals surface area contributed by atoms with Crippen LogP contribution in [-0.4, -0.2) is 38.9 Å². The summed E-state index contributed by atoms with van der Waals surface area (Å²) in [5, 5.41) is 7.13. The van der Waals surface area contributed by atoms with Crippen LogP contribution >= 0.6 is 0 Å². The minimum absolute atomic E-state index is 0.222. The predicted octanol–water partition coefficient (Wildman–Crippen LogP) is 1.89. The first-order valence-electron chi connectivity index (χ1n) is 8.98. The molecule has 0 aromatic carbocycles. The van der Waals surface area contributed by atoms with E-state index in [1.54, 1.807) is 12.3 Å². The first-order valence-corrected chi connectivity index (χ1v) is 8.98. The maximum Gasteiger partial charge on any atom is 0.245 e. The molecule has 4 rings (SSSR count). The molecular formula is C18H22N4O3. The topological polar surface area (TPSA) is 84.3 Å². The van der Waals surface area contributed by atoms with E-state index < -0.39 is 0 Å². The molecule has 2 heterocycles. The number of rotatable bonds is 4. The zero-order valence-corrected chi connectivity index (χ0v) is 14.1. The summed E-state index contributed by atoms with van der Waals surface area (Å²) in [6.07, 6.45) is 11.2. The van der Waals surface area contributed by atoms with E-state index in [1.165, 1.54) is 12.8 Å². The van der Waals surface area contributed by atoms with E-state index in [0.717, 1.165) is 17.7 Å². The van der Waals surface area contributed by atoms with Crippen LogP contribution in [0.1, 0.15) is 44.6 Å². The van der Waals surface area contributed by atoms with Gasteiger partial charge in [0.1, 0.15) is 12.4 Å². The predicted molar refractivity (Wildman–Crippen MR) is 90.4 cm³/mol. The van der Waals surface area contributed by atoms with Gasteiger partial charge < -0.3 is 5.32 Å². The molecule has 3 amide bonds. The Kier molecular flexibility index (Phi) is 4.15. The van der Waals surface area contributed by atoms with Crippen molar-refractivity contribution >= 4 is 23.5 Å². The van der Waals surface area contributed by atoms with Gasteiger partial charge in [-0.25, -0.2) is 4.68 Å². The summed E-state index contributed by atoms with van der Waals surface area (Å²) in [7, 11) is 0. The van der Waals surface area contributed by atoms with E-state index in [9.17, 15) is 14.4 Å². The highest BCUT2D eigenvalue weighted by Gasteiger charge is 2.47. The van der Waals surface area contributed by atoms with Gasteiger partial charge >= 0.3 is 0 Å². The Morgan fingerprint density at radius 1 is 1.12 bits per heavy atom. The molecule has 1 aliphatic heterocycles. The molecule has 0 spiro atoms. The molecule has 2 atom stereocenters. The lowest BCUT2D eigenvalue weighted by Gasteiger charge is -2.17. The highest BCUT2D eigenvalue weighted by molar-refractivity contribution is 6.08. The Labute approximate surface area is 146 Å². The fourth-order valence-electron chi connectivity index (χ4n) is 4.20. The van der Waals surface area contributed by atoms with Gasteiger partial charge in [-0.1, -0.05) is 25.0 Å². The van der Waals surface area contributed by atoms with Crippen LogP contribution < -0.4 is 5.32 Å². The van der Waals surface area contributed by atoms with Crippen LogP contribution in [0.4, 0.5) is 5.82 Å². The van der Waals surface area contributed by atoms with E-state index in [4.69, 9.17) is 0 Å². The molecule has 7 heteroatoms. The van der Waals surface area contributed by atoms with Gasteiger partial charge in [0.2, 0.25) is 17.7 Å². The molecule has 2 aliphatic carbocycles. The lowest BCUT2D eigenvalue weighted by Crippen LogP contribution is -2.38. The summed E-state index contributed by atoms with van der Waals surface area (Å²) in [4.78, 5) is 38.4. The van der Waals surface area contributed by atoms with Crippen molar-refractivity contribution in [3.63, 3.8) is 0 Å². The van der Waals surface area contributed by atoms with Crippen molar-refractivity contribution in [2.24, 2.45) is 11.8 Å². The molecule has 132 valence electrons. The number of aromatic nitrogens is 2. The second-order valence-electron chi connectivity index (χ2n) is 7.07. The third kappa shape index (κ3) is 2.88. The molecule has 0 bridgehead atoms. The largest absolute Gasteiger partial charge is 0.309 e. The third-order valence-corrected chi connectivity index (χ3v) is 5.51. The van der Waals surface area contributed by atoms with Crippen molar-refractivity contribution in [2.75, 3.05) is 11.9 Å². The summed E-state index contributed by atoms with van der Waals surface area (Å²) in [6.45, 7) is -0.222. The molecule has 2 fully saturated rings. The summed E-state index contributed by atoms with van der Waals surface area (Å²) in [5.74, 6) is -0.760. The summed E-state index contributed by atoms with van der Waals surface area (Å²) in [5.41, 5.74) is 0. The maximum absolute atomic E-state index is 12.4. The minimum atomic E-state index is -0.354. The molecule has 1 aromatic rings. The van der Waals surface area contributed by atoms with E-state index >= 15 is 0 Å². The lowest BCUT2D eigenvalue weighted by molar-refractivity contribution is -0.142. The van der Waals surface area contributed by atoms with Gasteiger partial charge in [0.05, 0.1) is 24.1 Å². The Hall–Kier alpha value is -2.44. The van der Waals surface area contributed by atoms with Crippen LogP contribution in [0.25, 0.3) is 0 Å².